The number of halogens is 1. The van der Waals surface area contributed by atoms with Gasteiger partial charge in [-0.25, -0.2) is 4.39 Å². The van der Waals surface area contributed by atoms with E-state index >= 15 is 0 Å². The summed E-state index contributed by atoms with van der Waals surface area (Å²) in [6.07, 6.45) is 0. The van der Waals surface area contributed by atoms with Gasteiger partial charge in [0.15, 0.2) is 11.6 Å². The first-order chi connectivity index (χ1) is 8.09. The number of benzene rings is 2. The average molecular weight is 252 g/mol. The Balaban J connectivity index is 2.34. The predicted octanol–water partition coefficient (Wildman–Crippen LogP) is 2.59. The van der Waals surface area contributed by atoms with Gasteiger partial charge in [0.25, 0.3) is 0 Å². The normalized spacial score (nSPS) is 11.1. The van der Waals surface area contributed by atoms with E-state index in [0.717, 1.165) is 6.07 Å². The first-order valence-corrected chi connectivity index (χ1v) is 6.24. The van der Waals surface area contributed by atoms with Crippen LogP contribution in [-0.4, -0.2) is 8.42 Å². The standard InChI is InChI=1S/C12H9FO3S/c13-11-8-4-5-9-12(11)16-17(14,15)10-6-2-1-3-7-10/h1-9H. The van der Waals surface area contributed by atoms with Crippen molar-refractivity contribution in [2.24, 2.45) is 0 Å². The topological polar surface area (TPSA) is 43.4 Å². The Morgan fingerprint density at radius 1 is 0.882 bits per heavy atom. The van der Waals surface area contributed by atoms with Gasteiger partial charge in [0.1, 0.15) is 4.90 Å². The molecular weight excluding hydrogens is 243 g/mol. The molecule has 5 heteroatoms. The third-order valence-electron chi connectivity index (χ3n) is 2.07. The molecule has 0 aromatic heterocycles. The molecule has 0 bridgehead atoms. The molecule has 0 atom stereocenters. The smallest absolute Gasteiger partial charge is 0.339 e. The molecule has 0 saturated heterocycles. The minimum atomic E-state index is -3.98. The maximum absolute atomic E-state index is 13.2. The predicted molar refractivity (Wildman–Crippen MR) is 60.7 cm³/mol. The molecule has 0 saturated carbocycles. The number of hydrogen-bond donors (Lipinski definition) is 0. The van der Waals surface area contributed by atoms with Crippen molar-refractivity contribution in [3.8, 4) is 5.75 Å². The van der Waals surface area contributed by atoms with E-state index in [1.807, 2.05) is 0 Å². The fraction of sp³-hybridized carbons (Fsp3) is 0. The van der Waals surface area contributed by atoms with Gasteiger partial charge in [0.05, 0.1) is 0 Å². The highest BCUT2D eigenvalue weighted by Crippen LogP contribution is 2.21. The van der Waals surface area contributed by atoms with Crippen LogP contribution < -0.4 is 4.18 Å². The molecule has 0 N–H and O–H groups in total. The molecule has 0 radical (unpaired) electrons. The lowest BCUT2D eigenvalue weighted by Gasteiger charge is -2.07. The van der Waals surface area contributed by atoms with Crippen LogP contribution in [0.4, 0.5) is 4.39 Å². The third-order valence-corrected chi connectivity index (χ3v) is 3.32. The van der Waals surface area contributed by atoms with Crippen molar-refractivity contribution in [2.75, 3.05) is 0 Å². The third kappa shape index (κ3) is 2.62. The first-order valence-electron chi connectivity index (χ1n) is 4.84. The summed E-state index contributed by atoms with van der Waals surface area (Å²) >= 11 is 0. The molecule has 0 heterocycles. The monoisotopic (exact) mass is 252 g/mol. The van der Waals surface area contributed by atoms with E-state index in [-0.39, 0.29) is 10.6 Å². The van der Waals surface area contributed by atoms with Crippen LogP contribution in [0.5, 0.6) is 5.75 Å². The van der Waals surface area contributed by atoms with E-state index in [2.05, 4.69) is 0 Å². The summed E-state index contributed by atoms with van der Waals surface area (Å²) in [4.78, 5) is -0.0109. The van der Waals surface area contributed by atoms with Crippen molar-refractivity contribution in [1.29, 1.82) is 0 Å². The first kappa shape index (κ1) is 11.6. The second-order valence-electron chi connectivity index (χ2n) is 3.28. The van der Waals surface area contributed by atoms with Crippen molar-refractivity contribution in [3.05, 3.63) is 60.4 Å². The quantitative estimate of drug-likeness (QED) is 0.788. The van der Waals surface area contributed by atoms with E-state index in [9.17, 15) is 12.8 Å². The summed E-state index contributed by atoms with van der Waals surface area (Å²) in [5.41, 5.74) is 0. The van der Waals surface area contributed by atoms with E-state index in [4.69, 9.17) is 4.18 Å². The van der Waals surface area contributed by atoms with Crippen LogP contribution in [0.15, 0.2) is 59.5 Å². The molecule has 2 aromatic carbocycles. The maximum Gasteiger partial charge on any atom is 0.339 e. The summed E-state index contributed by atoms with van der Waals surface area (Å²) < 4.78 is 41.5. The lowest BCUT2D eigenvalue weighted by molar-refractivity contribution is 0.461. The molecule has 2 rings (SSSR count). The van der Waals surface area contributed by atoms with Gasteiger partial charge in [-0.1, -0.05) is 30.3 Å². The van der Waals surface area contributed by atoms with Crippen LogP contribution in [0.25, 0.3) is 0 Å². The van der Waals surface area contributed by atoms with Gasteiger partial charge in [-0.3, -0.25) is 0 Å². The van der Waals surface area contributed by atoms with E-state index in [1.54, 1.807) is 18.2 Å². The van der Waals surface area contributed by atoms with Gasteiger partial charge in [-0.05, 0) is 24.3 Å². The zero-order valence-corrected chi connectivity index (χ0v) is 9.52. The van der Waals surface area contributed by atoms with Crippen molar-refractivity contribution in [2.45, 2.75) is 4.90 Å². The summed E-state index contributed by atoms with van der Waals surface area (Å²) in [6.45, 7) is 0. The van der Waals surface area contributed by atoms with Crippen molar-refractivity contribution in [3.63, 3.8) is 0 Å². The lowest BCUT2D eigenvalue weighted by atomic mass is 10.3. The summed E-state index contributed by atoms with van der Waals surface area (Å²) in [5, 5.41) is 0. The molecule has 0 aliphatic carbocycles. The van der Waals surface area contributed by atoms with Crippen molar-refractivity contribution < 1.29 is 17.0 Å². The van der Waals surface area contributed by atoms with Crippen LogP contribution in [0, 0.1) is 5.82 Å². The molecule has 88 valence electrons. The van der Waals surface area contributed by atoms with Crippen molar-refractivity contribution >= 4 is 10.1 Å². The van der Waals surface area contributed by atoms with Gasteiger partial charge in [0.2, 0.25) is 0 Å². The Labute approximate surface area is 98.6 Å². The molecule has 0 aliphatic rings. The van der Waals surface area contributed by atoms with Gasteiger partial charge >= 0.3 is 10.1 Å². The molecule has 17 heavy (non-hydrogen) atoms. The lowest BCUT2D eigenvalue weighted by Crippen LogP contribution is -2.10. The highest BCUT2D eigenvalue weighted by molar-refractivity contribution is 7.87. The fourth-order valence-corrected chi connectivity index (χ4v) is 2.22. The average Bonchev–Trinajstić information content (AvgIpc) is 2.33. The van der Waals surface area contributed by atoms with E-state index < -0.39 is 15.9 Å². The van der Waals surface area contributed by atoms with Crippen LogP contribution in [-0.2, 0) is 10.1 Å². The summed E-state index contributed by atoms with van der Waals surface area (Å²) in [7, 11) is -3.98. The van der Waals surface area contributed by atoms with Gasteiger partial charge < -0.3 is 4.18 Å². The molecule has 3 nitrogen and oxygen atoms in total. The Kier molecular flexibility index (Phi) is 3.10. The van der Waals surface area contributed by atoms with Crippen LogP contribution >= 0.6 is 0 Å². The fourth-order valence-electron chi connectivity index (χ4n) is 1.27. The van der Waals surface area contributed by atoms with Gasteiger partial charge in [-0.15, -0.1) is 0 Å². The summed E-state index contributed by atoms with van der Waals surface area (Å²) in [5.74, 6) is -1.02. The van der Waals surface area contributed by atoms with Gasteiger partial charge in [-0.2, -0.15) is 8.42 Å². The Morgan fingerprint density at radius 3 is 2.12 bits per heavy atom. The molecule has 0 fully saturated rings. The number of hydrogen-bond acceptors (Lipinski definition) is 3. The van der Waals surface area contributed by atoms with Crippen LogP contribution in [0.3, 0.4) is 0 Å². The molecular formula is C12H9FO3S. The summed E-state index contributed by atoms with van der Waals surface area (Å²) in [6, 6.07) is 12.9. The van der Waals surface area contributed by atoms with Crippen LogP contribution in [0.2, 0.25) is 0 Å². The van der Waals surface area contributed by atoms with E-state index in [1.165, 1.54) is 30.3 Å². The zero-order valence-electron chi connectivity index (χ0n) is 8.71. The Hall–Kier alpha value is -1.88. The minimum Gasteiger partial charge on any atom is -0.376 e. The maximum atomic E-state index is 13.2. The molecule has 0 amide bonds. The van der Waals surface area contributed by atoms with Crippen LogP contribution in [0.1, 0.15) is 0 Å². The molecule has 0 spiro atoms. The Bertz CT molecular complexity index is 609. The highest BCUT2D eigenvalue weighted by atomic mass is 32.2. The number of rotatable bonds is 3. The molecule has 0 aliphatic heterocycles. The van der Waals surface area contributed by atoms with Gasteiger partial charge in [0, 0.05) is 0 Å². The number of para-hydroxylation sites is 1. The SMILES string of the molecule is O=S(=O)(Oc1ccccc1F)c1ccccc1. The highest BCUT2D eigenvalue weighted by Gasteiger charge is 2.17. The Morgan fingerprint density at radius 2 is 1.47 bits per heavy atom. The zero-order chi connectivity index (χ0) is 12.3. The minimum absolute atomic E-state index is 0.0109. The largest absolute Gasteiger partial charge is 0.376 e. The second-order valence-corrected chi connectivity index (χ2v) is 4.83. The second kappa shape index (κ2) is 4.55. The molecule has 0 unspecified atom stereocenters. The molecule has 2 aromatic rings. The van der Waals surface area contributed by atoms with Crippen molar-refractivity contribution in [1.82, 2.24) is 0 Å². The van der Waals surface area contributed by atoms with E-state index in [0.29, 0.717) is 0 Å².